The van der Waals surface area contributed by atoms with E-state index in [1.807, 2.05) is 0 Å². The Kier molecular flexibility index (Phi) is 50.6. The van der Waals surface area contributed by atoms with Gasteiger partial charge in [0.15, 0.2) is 0 Å². The molecular formula is C18H46Br4N4. The van der Waals surface area contributed by atoms with Crippen LogP contribution in [0.3, 0.4) is 0 Å². The number of rotatable bonds is 18. The first-order valence-electron chi connectivity index (χ1n) is 9.64. The molecule has 0 heterocycles. The largest absolute Gasteiger partial charge is 0.317 e. The van der Waals surface area contributed by atoms with Crippen molar-refractivity contribution in [3.63, 3.8) is 0 Å². The first-order valence-corrected chi connectivity index (χ1v) is 9.64. The molecule has 0 bridgehead atoms. The highest BCUT2D eigenvalue weighted by Crippen LogP contribution is 1.96. The standard InChI is InChI=1S/C18H42N4.4BrH/c1-4-18(3)17-22-16-10-15-21-12-8-6-7-11-20-14-9-13-19-5-2;;;;/h18-22H,4-17H2,1-3H3;4*1H. The highest BCUT2D eigenvalue weighted by atomic mass is 79.9. The second kappa shape index (κ2) is 34.3. The van der Waals surface area contributed by atoms with E-state index in [9.17, 15) is 0 Å². The second-order valence-corrected chi connectivity index (χ2v) is 6.34. The van der Waals surface area contributed by atoms with Crippen LogP contribution in [0.15, 0.2) is 0 Å². The van der Waals surface area contributed by atoms with Crippen molar-refractivity contribution in [2.45, 2.75) is 59.3 Å². The lowest BCUT2D eigenvalue weighted by atomic mass is 10.1. The summed E-state index contributed by atoms with van der Waals surface area (Å²) in [6.07, 6.45) is 7.69. The van der Waals surface area contributed by atoms with Crippen molar-refractivity contribution >= 4 is 67.9 Å². The van der Waals surface area contributed by atoms with E-state index in [1.165, 1.54) is 51.6 Å². The minimum atomic E-state index is 0. The van der Waals surface area contributed by atoms with E-state index < -0.39 is 0 Å². The van der Waals surface area contributed by atoms with Crippen LogP contribution in [0.5, 0.6) is 0 Å². The molecule has 0 aliphatic heterocycles. The van der Waals surface area contributed by atoms with Crippen molar-refractivity contribution in [2.75, 3.05) is 52.4 Å². The minimum Gasteiger partial charge on any atom is -0.317 e. The number of hydrogen-bond acceptors (Lipinski definition) is 4. The van der Waals surface area contributed by atoms with Crippen molar-refractivity contribution in [2.24, 2.45) is 5.92 Å². The lowest BCUT2D eigenvalue weighted by Gasteiger charge is -2.10. The van der Waals surface area contributed by atoms with E-state index in [0.717, 1.165) is 45.2 Å². The van der Waals surface area contributed by atoms with E-state index in [2.05, 4.69) is 42.0 Å². The van der Waals surface area contributed by atoms with Gasteiger partial charge < -0.3 is 21.3 Å². The molecule has 4 N–H and O–H groups in total. The van der Waals surface area contributed by atoms with Crippen LogP contribution in [0.2, 0.25) is 0 Å². The first-order chi connectivity index (χ1) is 10.8. The summed E-state index contributed by atoms with van der Waals surface area (Å²) in [5, 5.41) is 13.9. The molecular weight excluding hydrogens is 592 g/mol. The van der Waals surface area contributed by atoms with Gasteiger partial charge in [-0.3, -0.25) is 0 Å². The van der Waals surface area contributed by atoms with E-state index in [0.29, 0.717) is 0 Å². The monoisotopic (exact) mass is 634 g/mol. The fourth-order valence-electron chi connectivity index (χ4n) is 2.27. The van der Waals surface area contributed by atoms with Gasteiger partial charge in [-0.15, -0.1) is 67.9 Å². The van der Waals surface area contributed by atoms with E-state index in [4.69, 9.17) is 0 Å². The van der Waals surface area contributed by atoms with E-state index in [-0.39, 0.29) is 67.9 Å². The SMILES string of the molecule is Br.Br.Br.Br.CCNCCCNCCCCCNCCCNCC(C)CC. The van der Waals surface area contributed by atoms with Gasteiger partial charge in [0.1, 0.15) is 0 Å². The van der Waals surface area contributed by atoms with Gasteiger partial charge in [0.25, 0.3) is 0 Å². The number of unbranched alkanes of at least 4 members (excludes halogenated alkanes) is 2. The van der Waals surface area contributed by atoms with Crippen LogP contribution >= 0.6 is 67.9 Å². The summed E-state index contributed by atoms with van der Waals surface area (Å²) < 4.78 is 0. The van der Waals surface area contributed by atoms with Gasteiger partial charge in [-0.25, -0.2) is 0 Å². The van der Waals surface area contributed by atoms with Crippen molar-refractivity contribution in [1.82, 2.24) is 21.3 Å². The number of nitrogens with one attached hydrogen (secondary N) is 4. The summed E-state index contributed by atoms with van der Waals surface area (Å²) in [6, 6.07) is 0. The van der Waals surface area contributed by atoms with Gasteiger partial charge in [0.2, 0.25) is 0 Å². The molecule has 0 aliphatic rings. The summed E-state index contributed by atoms with van der Waals surface area (Å²) in [5.74, 6) is 0.810. The molecule has 0 aromatic carbocycles. The molecule has 0 radical (unpaired) electrons. The fourth-order valence-corrected chi connectivity index (χ4v) is 2.27. The molecule has 0 amide bonds. The normalized spacial score (nSPS) is 10.7. The highest BCUT2D eigenvalue weighted by molar-refractivity contribution is 8.93. The molecule has 166 valence electrons. The summed E-state index contributed by atoms with van der Waals surface area (Å²) >= 11 is 0. The number of hydrogen-bond donors (Lipinski definition) is 4. The predicted molar refractivity (Wildman–Crippen MR) is 141 cm³/mol. The predicted octanol–water partition coefficient (Wildman–Crippen LogP) is 4.67. The first kappa shape index (κ1) is 38.4. The highest BCUT2D eigenvalue weighted by Gasteiger charge is 1.96. The molecule has 0 aromatic heterocycles. The van der Waals surface area contributed by atoms with E-state index >= 15 is 0 Å². The second-order valence-electron chi connectivity index (χ2n) is 6.34. The summed E-state index contributed by atoms with van der Waals surface area (Å²) in [4.78, 5) is 0. The Bertz CT molecular complexity index is 216. The molecule has 1 unspecified atom stereocenters. The number of halogens is 4. The summed E-state index contributed by atoms with van der Waals surface area (Å²) in [5.41, 5.74) is 0. The Morgan fingerprint density at radius 1 is 0.538 bits per heavy atom. The van der Waals surface area contributed by atoms with Crippen molar-refractivity contribution < 1.29 is 0 Å². The van der Waals surface area contributed by atoms with E-state index in [1.54, 1.807) is 0 Å². The zero-order valence-corrected chi connectivity index (χ0v) is 24.0. The third-order valence-electron chi connectivity index (χ3n) is 4.06. The average molecular weight is 638 g/mol. The van der Waals surface area contributed by atoms with Gasteiger partial charge in [0.05, 0.1) is 0 Å². The Balaban J connectivity index is -0.000000367. The lowest BCUT2D eigenvalue weighted by molar-refractivity contribution is 0.487. The van der Waals surface area contributed by atoms with Crippen molar-refractivity contribution in [3.05, 3.63) is 0 Å². The smallest absolute Gasteiger partial charge is 0.00232 e. The quantitative estimate of drug-likeness (QED) is 0.165. The van der Waals surface area contributed by atoms with Crippen LogP contribution < -0.4 is 21.3 Å². The summed E-state index contributed by atoms with van der Waals surface area (Å²) in [7, 11) is 0. The Hall–Kier alpha value is 1.76. The summed E-state index contributed by atoms with van der Waals surface area (Å²) in [6.45, 7) is 15.9. The van der Waals surface area contributed by atoms with Gasteiger partial charge in [0, 0.05) is 0 Å². The maximum absolute atomic E-state index is 3.54. The van der Waals surface area contributed by atoms with Crippen molar-refractivity contribution in [1.29, 1.82) is 0 Å². The molecule has 0 rings (SSSR count). The molecule has 0 fully saturated rings. The molecule has 0 aromatic rings. The topological polar surface area (TPSA) is 48.1 Å². The van der Waals surface area contributed by atoms with Crippen LogP contribution in [0.25, 0.3) is 0 Å². The van der Waals surface area contributed by atoms with Gasteiger partial charge in [-0.2, -0.15) is 0 Å². The minimum absolute atomic E-state index is 0. The molecule has 0 spiro atoms. The lowest BCUT2D eigenvalue weighted by Crippen LogP contribution is -2.26. The molecule has 0 saturated carbocycles. The fraction of sp³-hybridized carbons (Fsp3) is 1.00. The molecule has 8 heteroatoms. The maximum Gasteiger partial charge on any atom is -0.00232 e. The molecule has 26 heavy (non-hydrogen) atoms. The molecule has 0 aliphatic carbocycles. The average Bonchev–Trinajstić information content (AvgIpc) is 2.54. The van der Waals surface area contributed by atoms with Crippen LogP contribution in [-0.2, 0) is 0 Å². The Labute approximate surface area is 205 Å². The van der Waals surface area contributed by atoms with Gasteiger partial charge in [-0.1, -0.05) is 33.6 Å². The van der Waals surface area contributed by atoms with Gasteiger partial charge >= 0.3 is 0 Å². The molecule has 4 nitrogen and oxygen atoms in total. The Morgan fingerprint density at radius 3 is 1.42 bits per heavy atom. The third-order valence-corrected chi connectivity index (χ3v) is 4.06. The van der Waals surface area contributed by atoms with Crippen LogP contribution in [0, 0.1) is 5.92 Å². The van der Waals surface area contributed by atoms with Crippen LogP contribution in [-0.4, -0.2) is 52.4 Å². The van der Waals surface area contributed by atoms with Crippen LogP contribution in [0.1, 0.15) is 59.3 Å². The Morgan fingerprint density at radius 2 is 0.962 bits per heavy atom. The van der Waals surface area contributed by atoms with Crippen molar-refractivity contribution in [3.8, 4) is 0 Å². The molecule has 1 atom stereocenters. The maximum atomic E-state index is 3.54. The third kappa shape index (κ3) is 33.4. The molecule has 0 saturated heterocycles. The zero-order valence-electron chi connectivity index (χ0n) is 17.1. The van der Waals surface area contributed by atoms with Crippen LogP contribution in [0.4, 0.5) is 0 Å². The van der Waals surface area contributed by atoms with Gasteiger partial charge in [-0.05, 0) is 84.0 Å². The zero-order chi connectivity index (χ0) is 16.3.